The number of nitrogens with one attached hydrogen (secondary N) is 2. The molecule has 1 aromatic carbocycles. The van der Waals surface area contributed by atoms with Crippen LogP contribution in [0.3, 0.4) is 0 Å². The van der Waals surface area contributed by atoms with E-state index in [1.165, 1.54) is 6.42 Å². The van der Waals surface area contributed by atoms with Gasteiger partial charge in [-0.05, 0) is 30.7 Å². The SMILES string of the molecule is CCCCNC(=NC)NCCOc1ccc(OC)cc1.I. The predicted molar refractivity (Wildman–Crippen MR) is 98.2 cm³/mol. The van der Waals surface area contributed by atoms with Crippen molar-refractivity contribution in [3.05, 3.63) is 24.3 Å². The minimum Gasteiger partial charge on any atom is -0.497 e. The van der Waals surface area contributed by atoms with Crippen LogP contribution in [0.5, 0.6) is 11.5 Å². The molecule has 0 amide bonds. The zero-order valence-electron chi connectivity index (χ0n) is 13.0. The summed E-state index contributed by atoms with van der Waals surface area (Å²) in [6.07, 6.45) is 2.31. The molecule has 0 saturated heterocycles. The van der Waals surface area contributed by atoms with Crippen LogP contribution in [0.15, 0.2) is 29.3 Å². The van der Waals surface area contributed by atoms with Gasteiger partial charge in [0.1, 0.15) is 18.1 Å². The maximum Gasteiger partial charge on any atom is 0.191 e. The number of rotatable bonds is 8. The first-order chi connectivity index (χ1) is 9.80. The normalized spacial score (nSPS) is 10.5. The second-order valence-electron chi connectivity index (χ2n) is 4.30. The van der Waals surface area contributed by atoms with Crippen molar-refractivity contribution in [2.24, 2.45) is 4.99 Å². The van der Waals surface area contributed by atoms with Crippen molar-refractivity contribution in [2.75, 3.05) is 33.9 Å². The minimum absolute atomic E-state index is 0. The van der Waals surface area contributed by atoms with Crippen LogP contribution >= 0.6 is 24.0 Å². The lowest BCUT2D eigenvalue weighted by Crippen LogP contribution is -2.39. The van der Waals surface area contributed by atoms with E-state index in [0.29, 0.717) is 13.2 Å². The molecule has 120 valence electrons. The second kappa shape index (κ2) is 12.6. The molecule has 0 spiro atoms. The summed E-state index contributed by atoms with van der Waals surface area (Å²) in [6.45, 7) is 4.40. The van der Waals surface area contributed by atoms with Crippen molar-refractivity contribution in [1.82, 2.24) is 10.6 Å². The Morgan fingerprint density at radius 1 is 1.10 bits per heavy atom. The summed E-state index contributed by atoms with van der Waals surface area (Å²) in [6, 6.07) is 7.56. The molecule has 0 aromatic heterocycles. The number of ether oxygens (including phenoxy) is 2. The van der Waals surface area contributed by atoms with Crippen LogP contribution in [-0.4, -0.2) is 39.8 Å². The Bertz CT molecular complexity index is 396. The standard InChI is InChI=1S/C15H25N3O2.HI/c1-4-5-10-17-15(16-2)18-11-12-20-14-8-6-13(19-3)7-9-14;/h6-9H,4-5,10-12H2,1-3H3,(H2,16,17,18);1H. The Hall–Kier alpha value is -1.18. The molecule has 0 unspecified atom stereocenters. The topological polar surface area (TPSA) is 54.9 Å². The minimum atomic E-state index is 0. The van der Waals surface area contributed by atoms with Crippen molar-refractivity contribution in [3.8, 4) is 11.5 Å². The lowest BCUT2D eigenvalue weighted by Gasteiger charge is -2.12. The average Bonchev–Trinajstić information content (AvgIpc) is 2.50. The number of benzene rings is 1. The van der Waals surface area contributed by atoms with E-state index in [1.54, 1.807) is 14.2 Å². The molecule has 0 atom stereocenters. The number of guanidine groups is 1. The Balaban J connectivity index is 0.00000400. The number of nitrogens with zero attached hydrogens (tertiary/aromatic N) is 1. The summed E-state index contributed by atoms with van der Waals surface area (Å²) < 4.78 is 10.7. The molecular weight excluding hydrogens is 381 g/mol. The van der Waals surface area contributed by atoms with Gasteiger partial charge in [0.05, 0.1) is 13.7 Å². The molecule has 0 fully saturated rings. The van der Waals surface area contributed by atoms with Gasteiger partial charge in [-0.25, -0.2) is 0 Å². The first-order valence-corrected chi connectivity index (χ1v) is 7.01. The van der Waals surface area contributed by atoms with Gasteiger partial charge in [-0.15, -0.1) is 24.0 Å². The summed E-state index contributed by atoms with van der Waals surface area (Å²) in [4.78, 5) is 4.15. The molecule has 1 rings (SSSR count). The van der Waals surface area contributed by atoms with Crippen molar-refractivity contribution >= 4 is 29.9 Å². The predicted octanol–water partition coefficient (Wildman–Crippen LogP) is 2.66. The summed E-state index contributed by atoms with van der Waals surface area (Å²) in [7, 11) is 3.42. The van der Waals surface area contributed by atoms with Crippen LogP contribution in [0.25, 0.3) is 0 Å². The van der Waals surface area contributed by atoms with Gasteiger partial charge < -0.3 is 20.1 Å². The van der Waals surface area contributed by atoms with E-state index >= 15 is 0 Å². The highest BCUT2D eigenvalue weighted by molar-refractivity contribution is 14.0. The quantitative estimate of drug-likeness (QED) is 0.301. The highest BCUT2D eigenvalue weighted by Gasteiger charge is 1.97. The fraction of sp³-hybridized carbons (Fsp3) is 0.533. The molecular formula is C15H26IN3O2. The Morgan fingerprint density at radius 2 is 1.71 bits per heavy atom. The molecule has 0 radical (unpaired) electrons. The Morgan fingerprint density at radius 3 is 2.29 bits per heavy atom. The van der Waals surface area contributed by atoms with Crippen LogP contribution < -0.4 is 20.1 Å². The van der Waals surface area contributed by atoms with Crippen LogP contribution in [0.2, 0.25) is 0 Å². The second-order valence-corrected chi connectivity index (χ2v) is 4.30. The number of unbranched alkanes of at least 4 members (excludes halogenated alkanes) is 1. The van der Waals surface area contributed by atoms with Crippen LogP contribution in [0, 0.1) is 0 Å². The summed E-state index contributed by atoms with van der Waals surface area (Å²) in [5.74, 6) is 2.48. The van der Waals surface area contributed by atoms with Gasteiger partial charge in [-0.3, -0.25) is 4.99 Å². The molecule has 5 nitrogen and oxygen atoms in total. The molecule has 0 heterocycles. The van der Waals surface area contributed by atoms with E-state index in [4.69, 9.17) is 9.47 Å². The Kier molecular flexibility index (Phi) is 11.8. The first-order valence-electron chi connectivity index (χ1n) is 7.01. The zero-order valence-corrected chi connectivity index (χ0v) is 15.3. The highest BCUT2D eigenvalue weighted by atomic mass is 127. The van der Waals surface area contributed by atoms with Crippen LogP contribution in [0.1, 0.15) is 19.8 Å². The third kappa shape index (κ3) is 8.64. The molecule has 6 heteroatoms. The van der Waals surface area contributed by atoms with Crippen molar-refractivity contribution < 1.29 is 9.47 Å². The number of methoxy groups -OCH3 is 1. The van der Waals surface area contributed by atoms with Gasteiger partial charge >= 0.3 is 0 Å². The molecule has 21 heavy (non-hydrogen) atoms. The van der Waals surface area contributed by atoms with E-state index < -0.39 is 0 Å². The smallest absolute Gasteiger partial charge is 0.191 e. The largest absolute Gasteiger partial charge is 0.497 e. The maximum atomic E-state index is 5.63. The van der Waals surface area contributed by atoms with E-state index in [-0.39, 0.29) is 24.0 Å². The molecule has 0 aliphatic heterocycles. The fourth-order valence-corrected chi connectivity index (χ4v) is 1.61. The summed E-state index contributed by atoms with van der Waals surface area (Å²) >= 11 is 0. The number of hydrogen-bond donors (Lipinski definition) is 2. The number of hydrogen-bond acceptors (Lipinski definition) is 3. The maximum absolute atomic E-state index is 5.63. The fourth-order valence-electron chi connectivity index (χ4n) is 1.61. The lowest BCUT2D eigenvalue weighted by molar-refractivity contribution is 0.321. The van der Waals surface area contributed by atoms with Crippen LogP contribution in [0.4, 0.5) is 0 Å². The van der Waals surface area contributed by atoms with Gasteiger partial charge in [-0.1, -0.05) is 13.3 Å². The monoisotopic (exact) mass is 407 g/mol. The molecule has 1 aromatic rings. The molecule has 0 aliphatic rings. The van der Waals surface area contributed by atoms with Gasteiger partial charge in [0.2, 0.25) is 0 Å². The third-order valence-corrected chi connectivity index (χ3v) is 2.77. The first kappa shape index (κ1) is 19.8. The van der Waals surface area contributed by atoms with Crippen molar-refractivity contribution in [2.45, 2.75) is 19.8 Å². The number of halogens is 1. The van der Waals surface area contributed by atoms with E-state index in [9.17, 15) is 0 Å². The van der Waals surface area contributed by atoms with E-state index in [1.807, 2.05) is 24.3 Å². The molecule has 0 aliphatic carbocycles. The molecule has 2 N–H and O–H groups in total. The Labute approximate surface area is 144 Å². The van der Waals surface area contributed by atoms with Crippen molar-refractivity contribution in [1.29, 1.82) is 0 Å². The average molecular weight is 407 g/mol. The summed E-state index contributed by atoms with van der Waals surface area (Å²) in [5, 5.41) is 6.46. The van der Waals surface area contributed by atoms with Gasteiger partial charge in [0.15, 0.2) is 5.96 Å². The highest BCUT2D eigenvalue weighted by Crippen LogP contribution is 2.16. The zero-order chi connectivity index (χ0) is 14.6. The summed E-state index contributed by atoms with van der Waals surface area (Å²) in [5.41, 5.74) is 0. The van der Waals surface area contributed by atoms with Gasteiger partial charge in [0.25, 0.3) is 0 Å². The van der Waals surface area contributed by atoms with Gasteiger partial charge in [-0.2, -0.15) is 0 Å². The number of aliphatic imine (C=N–C) groups is 1. The van der Waals surface area contributed by atoms with Gasteiger partial charge in [0, 0.05) is 13.6 Å². The van der Waals surface area contributed by atoms with E-state index in [2.05, 4.69) is 22.5 Å². The van der Waals surface area contributed by atoms with Crippen LogP contribution in [-0.2, 0) is 0 Å². The molecule has 0 bridgehead atoms. The molecule has 0 saturated carbocycles. The lowest BCUT2D eigenvalue weighted by atomic mass is 10.3. The third-order valence-electron chi connectivity index (χ3n) is 2.77. The van der Waals surface area contributed by atoms with E-state index in [0.717, 1.165) is 30.4 Å². The van der Waals surface area contributed by atoms with Crippen molar-refractivity contribution in [3.63, 3.8) is 0 Å².